The lowest BCUT2D eigenvalue weighted by molar-refractivity contribution is 0.255. The Morgan fingerprint density at radius 2 is 2.12 bits per heavy atom. The Bertz CT molecular complexity index is 359. The molecular formula is C13H23N3S. The average Bonchev–Trinajstić information content (AvgIpc) is 2.64. The fraction of sp³-hybridized carbons (Fsp3) is 0.769. The highest BCUT2D eigenvalue weighted by molar-refractivity contribution is 7.09. The molecule has 0 atom stereocenters. The van der Waals surface area contributed by atoms with Gasteiger partial charge in [-0.15, -0.1) is 11.3 Å². The molecule has 0 saturated carbocycles. The van der Waals surface area contributed by atoms with Crippen molar-refractivity contribution in [3.8, 4) is 0 Å². The van der Waals surface area contributed by atoms with Crippen LogP contribution in [0.2, 0.25) is 0 Å². The molecule has 1 fully saturated rings. The summed E-state index contributed by atoms with van der Waals surface area (Å²) in [5, 5.41) is 3.50. The van der Waals surface area contributed by atoms with Crippen molar-refractivity contribution in [3.63, 3.8) is 0 Å². The molecule has 1 saturated heterocycles. The minimum absolute atomic E-state index is 0.155. The van der Waals surface area contributed by atoms with Crippen LogP contribution >= 0.6 is 11.3 Å². The maximum absolute atomic E-state index is 6.03. The molecule has 1 aromatic rings. The van der Waals surface area contributed by atoms with Crippen molar-refractivity contribution in [1.29, 1.82) is 0 Å². The molecule has 0 radical (unpaired) electrons. The molecule has 1 aliphatic rings. The van der Waals surface area contributed by atoms with E-state index in [1.807, 2.05) is 11.3 Å². The number of nitrogens with zero attached hydrogens (tertiary/aromatic N) is 2. The highest BCUT2D eigenvalue weighted by Gasteiger charge is 2.22. The number of hydrogen-bond donors (Lipinski definition) is 1. The number of thiazole rings is 1. The Balaban J connectivity index is 1.98. The van der Waals surface area contributed by atoms with Crippen LogP contribution in [0, 0.1) is 0 Å². The highest BCUT2D eigenvalue weighted by atomic mass is 32.1. The van der Waals surface area contributed by atoms with Gasteiger partial charge in [-0.25, -0.2) is 4.98 Å². The van der Waals surface area contributed by atoms with Gasteiger partial charge in [-0.1, -0.05) is 0 Å². The molecule has 0 unspecified atom stereocenters. The largest absolute Gasteiger partial charge is 0.325 e. The lowest BCUT2D eigenvalue weighted by Gasteiger charge is -2.27. The summed E-state index contributed by atoms with van der Waals surface area (Å²) in [7, 11) is 2.19. The number of piperidine rings is 1. The van der Waals surface area contributed by atoms with Crippen molar-refractivity contribution in [3.05, 3.63) is 16.1 Å². The molecule has 0 aromatic carbocycles. The van der Waals surface area contributed by atoms with Crippen molar-refractivity contribution in [2.24, 2.45) is 5.73 Å². The van der Waals surface area contributed by atoms with E-state index in [2.05, 4.69) is 31.2 Å². The number of aromatic nitrogens is 1. The van der Waals surface area contributed by atoms with Gasteiger partial charge < -0.3 is 10.6 Å². The van der Waals surface area contributed by atoms with Crippen LogP contribution in [0.5, 0.6) is 0 Å². The molecule has 2 heterocycles. The van der Waals surface area contributed by atoms with Crippen molar-refractivity contribution in [2.45, 2.75) is 44.6 Å². The van der Waals surface area contributed by atoms with Gasteiger partial charge in [-0.3, -0.25) is 0 Å². The van der Waals surface area contributed by atoms with Crippen LogP contribution in [0.15, 0.2) is 5.38 Å². The summed E-state index contributed by atoms with van der Waals surface area (Å²) >= 11 is 1.81. The Morgan fingerprint density at radius 3 is 2.71 bits per heavy atom. The summed E-state index contributed by atoms with van der Waals surface area (Å²) in [6.45, 7) is 6.51. The molecule has 17 heavy (non-hydrogen) atoms. The normalized spacial score (nSPS) is 19.8. The fourth-order valence-corrected chi connectivity index (χ4v) is 3.30. The van der Waals surface area contributed by atoms with Crippen LogP contribution in [0.1, 0.15) is 43.3 Å². The first kappa shape index (κ1) is 13.0. The zero-order valence-corrected chi connectivity index (χ0v) is 11.9. The molecule has 2 rings (SSSR count). The SMILES string of the molecule is CN1CCC(c2nc(CC(C)(C)N)cs2)CC1. The molecule has 2 N–H and O–H groups in total. The lowest BCUT2D eigenvalue weighted by Crippen LogP contribution is -2.34. The maximum atomic E-state index is 6.03. The topological polar surface area (TPSA) is 42.2 Å². The summed E-state index contributed by atoms with van der Waals surface area (Å²) in [4.78, 5) is 7.16. The van der Waals surface area contributed by atoms with Gasteiger partial charge in [0, 0.05) is 23.3 Å². The van der Waals surface area contributed by atoms with Gasteiger partial charge in [0.05, 0.1) is 10.7 Å². The van der Waals surface area contributed by atoms with Crippen LogP contribution < -0.4 is 5.73 Å². The summed E-state index contributed by atoms with van der Waals surface area (Å²) in [6.07, 6.45) is 3.36. The van der Waals surface area contributed by atoms with E-state index < -0.39 is 0 Å². The lowest BCUT2D eigenvalue weighted by atomic mass is 9.97. The van der Waals surface area contributed by atoms with E-state index in [0.29, 0.717) is 5.92 Å². The molecule has 1 aromatic heterocycles. The Labute approximate surface area is 108 Å². The Kier molecular flexibility index (Phi) is 3.85. The first-order valence-electron chi connectivity index (χ1n) is 6.36. The smallest absolute Gasteiger partial charge is 0.0960 e. The minimum Gasteiger partial charge on any atom is -0.325 e. The molecule has 0 amide bonds. The molecule has 0 spiro atoms. The minimum atomic E-state index is -0.155. The van der Waals surface area contributed by atoms with Gasteiger partial charge in [0.1, 0.15) is 0 Å². The molecule has 1 aliphatic heterocycles. The zero-order valence-electron chi connectivity index (χ0n) is 11.1. The van der Waals surface area contributed by atoms with Crippen molar-refractivity contribution < 1.29 is 0 Å². The molecule has 0 bridgehead atoms. The molecule has 0 aliphatic carbocycles. The van der Waals surface area contributed by atoms with Gasteiger partial charge in [0.25, 0.3) is 0 Å². The van der Waals surface area contributed by atoms with E-state index in [1.54, 1.807) is 0 Å². The third-order valence-corrected chi connectivity index (χ3v) is 4.33. The van der Waals surface area contributed by atoms with Crippen molar-refractivity contribution >= 4 is 11.3 Å². The van der Waals surface area contributed by atoms with Crippen LogP contribution in [0.25, 0.3) is 0 Å². The van der Waals surface area contributed by atoms with Crippen molar-refractivity contribution in [1.82, 2.24) is 9.88 Å². The van der Waals surface area contributed by atoms with E-state index in [1.165, 1.54) is 30.9 Å². The second-order valence-corrected chi connectivity index (χ2v) is 6.81. The van der Waals surface area contributed by atoms with Crippen LogP contribution in [-0.2, 0) is 6.42 Å². The molecule has 3 nitrogen and oxygen atoms in total. The van der Waals surface area contributed by atoms with Crippen LogP contribution in [-0.4, -0.2) is 35.6 Å². The van der Waals surface area contributed by atoms with E-state index >= 15 is 0 Å². The number of nitrogens with two attached hydrogens (primary N) is 1. The standard InChI is InChI=1S/C13H23N3S/c1-13(2,14)8-11-9-17-12(15-11)10-4-6-16(3)7-5-10/h9-10H,4-8,14H2,1-3H3. The Hall–Kier alpha value is -0.450. The van der Waals surface area contributed by atoms with Crippen LogP contribution in [0.4, 0.5) is 0 Å². The third kappa shape index (κ3) is 3.76. The second-order valence-electron chi connectivity index (χ2n) is 5.92. The second kappa shape index (κ2) is 5.04. The summed E-state index contributed by atoms with van der Waals surface area (Å²) < 4.78 is 0. The maximum Gasteiger partial charge on any atom is 0.0960 e. The quantitative estimate of drug-likeness (QED) is 0.898. The number of hydrogen-bond acceptors (Lipinski definition) is 4. The summed E-state index contributed by atoms with van der Waals surface area (Å²) in [5.74, 6) is 0.672. The first-order chi connectivity index (χ1) is 7.94. The molecular weight excluding hydrogens is 230 g/mol. The predicted octanol–water partition coefficient (Wildman–Crippen LogP) is 2.23. The Morgan fingerprint density at radius 1 is 1.47 bits per heavy atom. The van der Waals surface area contributed by atoms with E-state index in [4.69, 9.17) is 10.7 Å². The monoisotopic (exact) mass is 253 g/mol. The van der Waals surface area contributed by atoms with Gasteiger partial charge in [-0.2, -0.15) is 0 Å². The predicted molar refractivity (Wildman–Crippen MR) is 73.6 cm³/mol. The van der Waals surface area contributed by atoms with E-state index in [9.17, 15) is 0 Å². The van der Waals surface area contributed by atoms with E-state index in [-0.39, 0.29) is 5.54 Å². The summed E-state index contributed by atoms with van der Waals surface area (Å²) in [6, 6.07) is 0. The number of likely N-dealkylation sites (tertiary alicyclic amines) is 1. The first-order valence-corrected chi connectivity index (χ1v) is 7.24. The highest BCUT2D eigenvalue weighted by Crippen LogP contribution is 2.30. The van der Waals surface area contributed by atoms with Gasteiger partial charge >= 0.3 is 0 Å². The van der Waals surface area contributed by atoms with Gasteiger partial charge in [0.2, 0.25) is 0 Å². The molecule has 4 heteroatoms. The average molecular weight is 253 g/mol. The summed E-state index contributed by atoms with van der Waals surface area (Å²) in [5.41, 5.74) is 7.04. The molecule has 96 valence electrons. The fourth-order valence-electron chi connectivity index (χ4n) is 2.31. The van der Waals surface area contributed by atoms with E-state index in [0.717, 1.165) is 12.1 Å². The van der Waals surface area contributed by atoms with Crippen molar-refractivity contribution in [2.75, 3.05) is 20.1 Å². The van der Waals surface area contributed by atoms with Crippen LogP contribution in [0.3, 0.4) is 0 Å². The zero-order chi connectivity index (χ0) is 12.5. The number of rotatable bonds is 3. The van der Waals surface area contributed by atoms with Gasteiger partial charge in [-0.05, 0) is 46.8 Å². The van der Waals surface area contributed by atoms with Gasteiger partial charge in [0.15, 0.2) is 0 Å². The third-order valence-electron chi connectivity index (χ3n) is 3.27.